The van der Waals surface area contributed by atoms with E-state index in [4.69, 9.17) is 22.4 Å². The molecule has 0 spiro atoms. The maximum absolute atomic E-state index is 13.3. The van der Waals surface area contributed by atoms with Gasteiger partial charge in [-0.15, -0.1) is 0 Å². The summed E-state index contributed by atoms with van der Waals surface area (Å²) < 4.78 is 13.3. The number of nitrogens with one attached hydrogen (secondary N) is 1. The molecule has 2 rings (SSSR count). The Labute approximate surface area is 101 Å². The third-order valence-corrected chi connectivity index (χ3v) is 2.85. The van der Waals surface area contributed by atoms with E-state index in [-0.39, 0.29) is 11.4 Å². The first-order chi connectivity index (χ1) is 7.99. The number of carboxylic acid groups (broad SMARTS) is 1. The molecule has 0 aliphatic carbocycles. The lowest BCUT2D eigenvalue weighted by atomic mass is 10.1. The lowest BCUT2D eigenvalue weighted by Crippen LogP contribution is -2.32. The van der Waals surface area contributed by atoms with E-state index in [1.54, 1.807) is 6.20 Å². The van der Waals surface area contributed by atoms with Gasteiger partial charge in [0, 0.05) is 23.5 Å². The van der Waals surface area contributed by atoms with Crippen molar-refractivity contribution in [3.05, 3.63) is 34.7 Å². The van der Waals surface area contributed by atoms with E-state index in [1.807, 2.05) is 0 Å². The minimum Gasteiger partial charge on any atom is -0.480 e. The Morgan fingerprint density at radius 2 is 2.29 bits per heavy atom. The van der Waals surface area contributed by atoms with Gasteiger partial charge in [0.15, 0.2) is 0 Å². The molecule has 1 unspecified atom stereocenters. The maximum Gasteiger partial charge on any atom is 0.320 e. The van der Waals surface area contributed by atoms with Gasteiger partial charge in [-0.1, -0.05) is 11.6 Å². The molecule has 0 saturated heterocycles. The molecule has 17 heavy (non-hydrogen) atoms. The molecule has 0 saturated carbocycles. The summed E-state index contributed by atoms with van der Waals surface area (Å²) in [4.78, 5) is 13.6. The number of hydrogen-bond donors (Lipinski definition) is 3. The molecule has 1 atom stereocenters. The zero-order chi connectivity index (χ0) is 12.6. The normalized spacial score (nSPS) is 12.9. The Hall–Kier alpha value is -1.59. The topological polar surface area (TPSA) is 79.1 Å². The largest absolute Gasteiger partial charge is 0.480 e. The van der Waals surface area contributed by atoms with Gasteiger partial charge in [-0.2, -0.15) is 0 Å². The minimum absolute atomic E-state index is 0.0217. The second-order valence-electron chi connectivity index (χ2n) is 3.77. The van der Waals surface area contributed by atoms with Crippen LogP contribution in [0.2, 0.25) is 5.02 Å². The molecule has 0 aliphatic heterocycles. The van der Waals surface area contributed by atoms with Crippen LogP contribution in [0.15, 0.2) is 18.3 Å². The number of aromatic nitrogens is 1. The highest BCUT2D eigenvalue weighted by Crippen LogP contribution is 2.25. The number of aliphatic carboxylic acids is 1. The highest BCUT2D eigenvalue weighted by molar-refractivity contribution is 6.31. The van der Waals surface area contributed by atoms with Crippen molar-refractivity contribution >= 4 is 28.5 Å². The fourth-order valence-corrected chi connectivity index (χ4v) is 1.83. The Morgan fingerprint density at radius 3 is 2.94 bits per heavy atom. The first-order valence-corrected chi connectivity index (χ1v) is 5.30. The van der Waals surface area contributed by atoms with Crippen molar-refractivity contribution in [2.45, 2.75) is 12.5 Å². The highest BCUT2D eigenvalue weighted by Gasteiger charge is 2.15. The van der Waals surface area contributed by atoms with Crippen LogP contribution in [0.1, 0.15) is 5.56 Å². The molecule has 0 radical (unpaired) electrons. The van der Waals surface area contributed by atoms with Crippen LogP contribution in [0.25, 0.3) is 10.9 Å². The molecule has 6 heteroatoms. The van der Waals surface area contributed by atoms with Crippen LogP contribution in [0.4, 0.5) is 4.39 Å². The molecule has 0 aliphatic rings. The van der Waals surface area contributed by atoms with Gasteiger partial charge in [0.25, 0.3) is 0 Å². The first kappa shape index (κ1) is 11.9. The second-order valence-corrected chi connectivity index (χ2v) is 4.18. The third kappa shape index (κ3) is 2.25. The van der Waals surface area contributed by atoms with Crippen molar-refractivity contribution in [3.8, 4) is 0 Å². The Morgan fingerprint density at radius 1 is 1.59 bits per heavy atom. The fourth-order valence-electron chi connectivity index (χ4n) is 1.67. The van der Waals surface area contributed by atoms with Gasteiger partial charge in [0.2, 0.25) is 0 Å². The number of benzene rings is 1. The van der Waals surface area contributed by atoms with Crippen LogP contribution in [0.5, 0.6) is 0 Å². The van der Waals surface area contributed by atoms with Gasteiger partial charge in [-0.25, -0.2) is 4.39 Å². The van der Waals surface area contributed by atoms with E-state index < -0.39 is 17.8 Å². The molecule has 1 aromatic heterocycles. The van der Waals surface area contributed by atoms with E-state index in [0.29, 0.717) is 16.5 Å². The fraction of sp³-hybridized carbons (Fsp3) is 0.182. The SMILES string of the molecule is NC(Cc1c[nH]c2cc(Cl)c(F)cc12)C(=O)O. The van der Waals surface area contributed by atoms with Crippen molar-refractivity contribution in [1.82, 2.24) is 4.98 Å². The monoisotopic (exact) mass is 256 g/mol. The molecule has 0 fully saturated rings. The van der Waals surface area contributed by atoms with E-state index in [2.05, 4.69) is 4.98 Å². The minimum atomic E-state index is -1.09. The number of carbonyl (C=O) groups is 1. The molecule has 4 nitrogen and oxygen atoms in total. The van der Waals surface area contributed by atoms with Gasteiger partial charge in [0.1, 0.15) is 11.9 Å². The second kappa shape index (κ2) is 4.35. The van der Waals surface area contributed by atoms with Gasteiger partial charge >= 0.3 is 5.97 Å². The standard InChI is InChI=1S/C11H10ClFN2O2/c12-7-3-10-6(2-8(7)13)5(4-15-10)1-9(14)11(16)17/h2-4,9,15H,1,14H2,(H,16,17). The molecule has 4 N–H and O–H groups in total. The van der Waals surface area contributed by atoms with E-state index in [1.165, 1.54) is 12.1 Å². The summed E-state index contributed by atoms with van der Waals surface area (Å²) in [6.45, 7) is 0. The molecule has 90 valence electrons. The Kier molecular flexibility index (Phi) is 3.04. The predicted molar refractivity (Wildman–Crippen MR) is 62.6 cm³/mol. The summed E-state index contributed by atoms with van der Waals surface area (Å²) in [5, 5.41) is 9.34. The molecule has 1 aromatic carbocycles. The van der Waals surface area contributed by atoms with Crippen molar-refractivity contribution in [2.24, 2.45) is 5.73 Å². The maximum atomic E-state index is 13.3. The van der Waals surface area contributed by atoms with Gasteiger partial charge in [-0.3, -0.25) is 4.79 Å². The smallest absolute Gasteiger partial charge is 0.320 e. The molecule has 1 heterocycles. The number of hydrogen-bond acceptors (Lipinski definition) is 2. The van der Waals surface area contributed by atoms with Crippen LogP contribution >= 0.6 is 11.6 Å². The molecular weight excluding hydrogens is 247 g/mol. The zero-order valence-electron chi connectivity index (χ0n) is 8.71. The average Bonchev–Trinajstić information content (AvgIpc) is 2.62. The first-order valence-electron chi connectivity index (χ1n) is 4.92. The number of aromatic amines is 1. The summed E-state index contributed by atoms with van der Waals surface area (Å²) in [5.74, 6) is -1.63. The average molecular weight is 257 g/mol. The number of fused-ring (bicyclic) bond motifs is 1. The van der Waals surface area contributed by atoms with Gasteiger partial charge in [-0.05, 0) is 17.7 Å². The van der Waals surface area contributed by atoms with Gasteiger partial charge < -0.3 is 15.8 Å². The zero-order valence-corrected chi connectivity index (χ0v) is 9.46. The predicted octanol–water partition coefficient (Wildman–Crippen LogP) is 1.91. The Bertz CT molecular complexity index is 582. The summed E-state index contributed by atoms with van der Waals surface area (Å²) in [6, 6.07) is 1.73. The van der Waals surface area contributed by atoms with Crippen LogP contribution < -0.4 is 5.73 Å². The molecular formula is C11H10ClFN2O2. The van der Waals surface area contributed by atoms with Gasteiger partial charge in [0.05, 0.1) is 5.02 Å². The number of halogens is 2. The summed E-state index contributed by atoms with van der Waals surface area (Å²) in [7, 11) is 0. The van der Waals surface area contributed by atoms with Crippen molar-refractivity contribution in [3.63, 3.8) is 0 Å². The van der Waals surface area contributed by atoms with Crippen LogP contribution in [0.3, 0.4) is 0 Å². The molecule has 2 aromatic rings. The van der Waals surface area contributed by atoms with Crippen molar-refractivity contribution in [2.75, 3.05) is 0 Å². The van der Waals surface area contributed by atoms with Crippen LogP contribution in [-0.2, 0) is 11.2 Å². The quantitative estimate of drug-likeness (QED) is 0.785. The summed E-state index contributed by atoms with van der Waals surface area (Å²) >= 11 is 5.64. The summed E-state index contributed by atoms with van der Waals surface area (Å²) in [5.41, 5.74) is 6.75. The van der Waals surface area contributed by atoms with Crippen LogP contribution in [-0.4, -0.2) is 22.1 Å². The molecule has 0 bridgehead atoms. The highest BCUT2D eigenvalue weighted by atomic mass is 35.5. The van der Waals surface area contributed by atoms with E-state index in [9.17, 15) is 9.18 Å². The molecule has 0 amide bonds. The number of H-pyrrole nitrogens is 1. The lowest BCUT2D eigenvalue weighted by molar-refractivity contribution is -0.138. The number of nitrogens with two attached hydrogens (primary N) is 1. The Balaban J connectivity index is 2.42. The van der Waals surface area contributed by atoms with Crippen molar-refractivity contribution in [1.29, 1.82) is 0 Å². The third-order valence-electron chi connectivity index (χ3n) is 2.57. The number of rotatable bonds is 3. The number of carboxylic acids is 1. The van der Waals surface area contributed by atoms with E-state index >= 15 is 0 Å². The van der Waals surface area contributed by atoms with E-state index in [0.717, 1.165) is 0 Å². The van der Waals surface area contributed by atoms with Crippen LogP contribution in [0, 0.1) is 5.82 Å². The lowest BCUT2D eigenvalue weighted by Gasteiger charge is -2.05. The summed E-state index contributed by atoms with van der Waals surface area (Å²) in [6.07, 6.45) is 1.75. The van der Waals surface area contributed by atoms with Crippen molar-refractivity contribution < 1.29 is 14.3 Å².